The monoisotopic (exact) mass is 2010 g/mol. The van der Waals surface area contributed by atoms with Crippen molar-refractivity contribution in [1.29, 1.82) is 0 Å². The van der Waals surface area contributed by atoms with Crippen LogP contribution in [-0.4, -0.2) is 246 Å². The predicted octanol–water partition coefficient (Wildman–Crippen LogP) is 11.9. The van der Waals surface area contributed by atoms with E-state index in [1.165, 1.54) is 62.5 Å². The molecule has 41 heteroatoms. The molecule has 7 N–H and O–H groups in total. The number of urea groups is 1. The second-order valence-electron chi connectivity index (χ2n) is 37.0. The molecule has 0 spiro atoms. The summed E-state index contributed by atoms with van der Waals surface area (Å²) in [4.78, 5) is 187. The Hall–Kier alpha value is -14.2. The third-order valence-corrected chi connectivity index (χ3v) is 24.7. The van der Waals surface area contributed by atoms with Crippen LogP contribution in [0.25, 0.3) is 43.2 Å². The number of para-hydroxylation sites is 2. The maximum absolute atomic E-state index is 15.0. The number of ether oxygens (including phenoxy) is 13. The molecule has 0 saturated carbocycles. The van der Waals surface area contributed by atoms with E-state index in [9.17, 15) is 57.1 Å². The lowest BCUT2D eigenvalue weighted by Gasteiger charge is -2.43. The quantitative estimate of drug-likeness (QED) is 0.00895. The number of primary amides is 1. The average Bonchev–Trinajstić information content (AvgIpc) is 1.60. The van der Waals surface area contributed by atoms with Crippen molar-refractivity contribution in [3.8, 4) is 61.8 Å². The number of methoxy groups -OCH3 is 2. The van der Waals surface area contributed by atoms with Crippen molar-refractivity contribution in [2.75, 3.05) is 79.5 Å². The highest BCUT2D eigenvalue weighted by Gasteiger charge is 2.56. The molecule has 0 unspecified atom stereocenters. The van der Waals surface area contributed by atoms with Crippen LogP contribution in [0.4, 0.5) is 19.7 Å². The van der Waals surface area contributed by atoms with Gasteiger partial charge in [0, 0.05) is 102 Å². The van der Waals surface area contributed by atoms with Gasteiger partial charge in [0.1, 0.15) is 95.7 Å². The number of halogens is 2. The van der Waals surface area contributed by atoms with Gasteiger partial charge in [-0.15, -0.1) is 11.3 Å². The second kappa shape index (κ2) is 49.5. The van der Waals surface area contributed by atoms with E-state index in [1.54, 1.807) is 128 Å². The summed E-state index contributed by atoms with van der Waals surface area (Å²) in [6.07, 6.45) is -9.73. The number of piperazine rings is 1. The van der Waals surface area contributed by atoms with E-state index in [1.807, 2.05) is 55.5 Å². The Balaban J connectivity index is 0.847. The number of carbonyl (C=O) groups excluding carboxylic acids is 12. The summed E-state index contributed by atoms with van der Waals surface area (Å²) in [6, 6.07) is 33.1. The first-order valence-corrected chi connectivity index (χ1v) is 47.5. The molecule has 9 aromatic rings. The van der Waals surface area contributed by atoms with E-state index < -0.39 is 156 Å². The number of quaternary nitrogens is 1. The number of benzene rings is 6. The highest BCUT2D eigenvalue weighted by Crippen LogP contribution is 2.50. The van der Waals surface area contributed by atoms with Crippen LogP contribution in [0.1, 0.15) is 136 Å². The van der Waals surface area contributed by atoms with Gasteiger partial charge in [-0.3, -0.25) is 43.3 Å². The number of esters is 6. The molecule has 9 atom stereocenters. The molecular weight excluding hydrogens is 1890 g/mol. The molecular formula is C102H122ClFN13O25S+. The van der Waals surface area contributed by atoms with Crippen LogP contribution in [-0.2, 0) is 119 Å². The number of hydrogen-bond donors (Lipinski definition) is 6. The van der Waals surface area contributed by atoms with Crippen LogP contribution in [0.3, 0.4) is 0 Å². The smallest absolute Gasteiger partial charge is 0.408 e. The number of alkyl carbamates (subject to hydrolysis) is 1. The van der Waals surface area contributed by atoms with Crippen LogP contribution in [0.2, 0.25) is 5.02 Å². The number of fused-ring (bicyclic) bond motifs is 1. The van der Waals surface area contributed by atoms with Crippen molar-refractivity contribution < 1.29 is 128 Å². The molecule has 764 valence electrons. The van der Waals surface area contributed by atoms with Gasteiger partial charge >= 0.3 is 47.9 Å². The molecule has 2 aliphatic rings. The van der Waals surface area contributed by atoms with Crippen molar-refractivity contribution >= 4 is 110 Å². The molecule has 2 aliphatic heterocycles. The van der Waals surface area contributed by atoms with Gasteiger partial charge in [0.05, 0.1) is 62.4 Å². The Labute approximate surface area is 836 Å². The number of nitrogens with zero attached hydrogens (tertiary/aromatic N) is 7. The molecule has 3 aromatic heterocycles. The van der Waals surface area contributed by atoms with Crippen molar-refractivity contribution in [2.24, 2.45) is 11.7 Å². The van der Waals surface area contributed by atoms with Gasteiger partial charge in [-0.2, -0.15) is 0 Å². The largest absolute Gasteiger partial charge is 0.497 e. The first kappa shape index (κ1) is 109. The predicted molar refractivity (Wildman–Crippen MR) is 523 cm³/mol. The number of carbonyl (C=O) groups is 12. The lowest BCUT2D eigenvalue weighted by atomic mass is 9.96. The fourth-order valence-electron chi connectivity index (χ4n) is 16.0. The first-order valence-electron chi connectivity index (χ1n) is 46.3. The van der Waals surface area contributed by atoms with Crippen LogP contribution in [0.15, 0.2) is 146 Å². The normalized spacial score (nSPS) is 16.5. The maximum atomic E-state index is 15.0. The van der Waals surface area contributed by atoms with E-state index in [-0.39, 0.29) is 68.8 Å². The molecule has 38 nitrogen and oxygen atoms in total. The Morgan fingerprint density at radius 1 is 0.678 bits per heavy atom. The van der Waals surface area contributed by atoms with Gasteiger partial charge in [0.2, 0.25) is 42.1 Å². The van der Waals surface area contributed by atoms with Gasteiger partial charge in [0.25, 0.3) is 5.91 Å². The molecule has 0 bridgehead atoms. The minimum Gasteiger partial charge on any atom is -0.497 e. The number of aromatic nitrogens is 4. The Morgan fingerprint density at radius 2 is 1.34 bits per heavy atom. The fraction of sp³-hybridized carbons (Fsp3) is 0.431. The van der Waals surface area contributed by atoms with E-state index in [4.69, 9.17) is 93.9 Å². The minimum absolute atomic E-state index is 0.0200. The Kier molecular flexibility index (Phi) is 37.8. The number of rotatable bonds is 42. The van der Waals surface area contributed by atoms with Gasteiger partial charge in [-0.25, -0.2) is 43.5 Å². The number of nitrogens with two attached hydrogens (primary N) is 1. The molecule has 2 saturated heterocycles. The lowest BCUT2D eigenvalue weighted by Crippen LogP contribution is -2.66. The average molecular weight is 2020 g/mol. The summed E-state index contributed by atoms with van der Waals surface area (Å²) >= 11 is 8.77. The second-order valence-corrected chi connectivity index (χ2v) is 38.4. The van der Waals surface area contributed by atoms with Crippen LogP contribution < -0.4 is 56.0 Å². The highest BCUT2D eigenvalue weighted by molar-refractivity contribution is 7.22. The van der Waals surface area contributed by atoms with E-state index in [2.05, 4.69) is 43.5 Å². The summed E-state index contributed by atoms with van der Waals surface area (Å²) in [6.45, 7) is 21.7. The lowest BCUT2D eigenvalue weighted by molar-refractivity contribution is -0.926. The maximum Gasteiger partial charge on any atom is 0.408 e. The zero-order valence-electron chi connectivity index (χ0n) is 82.8. The summed E-state index contributed by atoms with van der Waals surface area (Å²) in [5.74, 6) is -7.83. The van der Waals surface area contributed by atoms with Gasteiger partial charge in [-0.05, 0) is 167 Å². The van der Waals surface area contributed by atoms with Crippen molar-refractivity contribution in [2.45, 2.75) is 208 Å². The summed E-state index contributed by atoms with van der Waals surface area (Å²) < 4.78 is 91.3. The van der Waals surface area contributed by atoms with Crippen LogP contribution in [0, 0.1) is 18.7 Å². The van der Waals surface area contributed by atoms with Gasteiger partial charge in [-0.1, -0.05) is 92.2 Å². The van der Waals surface area contributed by atoms with Crippen molar-refractivity contribution in [1.82, 2.24) is 51.0 Å². The molecule has 5 heterocycles. The third-order valence-electron chi connectivity index (χ3n) is 23.0. The number of hydrogen-bond acceptors (Lipinski definition) is 31. The number of likely N-dealkylation sites (N-methyl/N-ethyl adjacent to an activating group) is 1. The molecule has 0 aliphatic carbocycles. The van der Waals surface area contributed by atoms with E-state index in [0.29, 0.717) is 143 Å². The first-order chi connectivity index (χ1) is 67.8. The minimum atomic E-state index is -2.10. The number of amides is 7. The molecule has 2 fully saturated rings. The van der Waals surface area contributed by atoms with E-state index >= 15 is 4.79 Å². The number of anilines is 1. The standard InChI is InChI=1S/C102H121ClFN13O25S/c1-57(2)84(114-100(129)142-102(11,12)13)92(124)112-74(25-22-41-107-99(105)128)91(123)111-69-35-32-66(67(49-69)52-115(14)80(122)51-75(96(126)141-101(8,9)10)113-93(125)87-85(135-59(4)118)86(136-60(5)119)88(137-61(6)120)98(140-87)138-62(7)121)53-117(15)46-43-116(44-47-117)45-48-132-78-39-38-72(58(3)83(78)103)81-82-94(108-56-109-95(82)143-89(81)64-30-33-68(104)34-31-64)139-79(97(127)134-54-63-28-36-71(130-16)37-29-63)50-65-23-18-20-26-76(65)133-55-70-40-42-106-90(110-70)73-24-19-21-27-77(73)131-17/h18-21,23-24,26-40,42,49,56-57,74-75,79,84-88,98H,22,25,41,43-48,50-55H2,1-17H3,(H6-,105,107,111,112,113,114,123,124,125,128,129)/p+1/t74-,75-,79+,84-,85+,86+,87+,88-,98-/m0/s1. The molecule has 11 rings (SSSR count). The SMILES string of the molecule is COc1ccc(COC(=O)[C@@H](Cc2ccccc2OCc2ccnc(-c3ccccc3OC)n2)Oc2ncnc3sc(-c4ccc(F)cc4)c(-c4ccc(OCCN5CC[N+](C)(Cc6ccc(NC(=O)[C@H](CCCNC(N)=O)NC(=O)[C@@H](NC(=O)OC(C)(C)C)C(C)C)cc6CN(C)C(=O)C[C@H](NC(=O)[C@@H]6O[C@H](OC(C)=O)[C@@H](OC(C)=O)[C@H](OC(C)=O)[C@H]6OC(C)=O)C(=O)OC(C)(C)C)CC5)c(Cl)c4C)c23)cc1. The molecule has 0 radical (unpaired) electrons. The molecule has 7 amide bonds. The number of thiophene rings is 1. The molecule has 143 heavy (non-hydrogen) atoms. The van der Waals surface area contributed by atoms with E-state index in [0.717, 1.165) is 27.7 Å². The van der Waals surface area contributed by atoms with Crippen LogP contribution >= 0.6 is 22.9 Å². The van der Waals surface area contributed by atoms with Crippen molar-refractivity contribution in [3.63, 3.8) is 0 Å². The Morgan fingerprint density at radius 3 is 2.00 bits per heavy atom. The third kappa shape index (κ3) is 30.9. The topological polar surface area (TPSA) is 469 Å². The van der Waals surface area contributed by atoms with Gasteiger partial charge in [0.15, 0.2) is 24.1 Å². The number of nitrogens with one attached hydrogen (secondary N) is 5. The fourth-order valence-corrected chi connectivity index (χ4v) is 17.4. The zero-order valence-corrected chi connectivity index (χ0v) is 84.4. The summed E-state index contributed by atoms with van der Waals surface area (Å²) in [5.41, 5.74) is 9.58. The highest BCUT2D eigenvalue weighted by atomic mass is 35.5. The zero-order chi connectivity index (χ0) is 104. The summed E-state index contributed by atoms with van der Waals surface area (Å²) in [5, 5.41) is 14.0. The Bertz CT molecular complexity index is 6070. The molecule has 6 aromatic carbocycles. The van der Waals surface area contributed by atoms with Crippen molar-refractivity contribution in [3.05, 3.63) is 190 Å². The van der Waals surface area contributed by atoms with Gasteiger partial charge < -0.3 is 103 Å². The summed E-state index contributed by atoms with van der Waals surface area (Å²) in [7, 11) is 6.63. The van der Waals surface area contributed by atoms with Crippen LogP contribution in [0.5, 0.6) is 28.9 Å².